The first-order chi connectivity index (χ1) is 11.5. The summed E-state index contributed by atoms with van der Waals surface area (Å²) in [5.41, 5.74) is 0.504. The molecule has 1 aromatic carbocycles. The quantitative estimate of drug-likeness (QED) is 0.906. The lowest BCUT2D eigenvalue weighted by Gasteiger charge is -2.39. The van der Waals surface area contributed by atoms with E-state index in [2.05, 4.69) is 5.32 Å². The topological polar surface area (TPSA) is 52.7 Å². The number of hydrogen-bond acceptors (Lipinski definition) is 3. The molecule has 2 fully saturated rings. The van der Waals surface area contributed by atoms with E-state index >= 15 is 0 Å². The third kappa shape index (κ3) is 3.29. The minimum Gasteiger partial charge on any atom is -0.340 e. The molecule has 1 N–H and O–H groups in total. The molecular formula is C18H24FN3O2. The highest BCUT2D eigenvalue weighted by molar-refractivity contribution is 5.86. The molecule has 0 bridgehead atoms. The van der Waals surface area contributed by atoms with Gasteiger partial charge in [0.25, 0.3) is 0 Å². The molecule has 0 aromatic heterocycles. The number of hydrogen-bond donors (Lipinski definition) is 1. The Labute approximate surface area is 141 Å². The van der Waals surface area contributed by atoms with Crippen LogP contribution in [0.3, 0.4) is 0 Å². The summed E-state index contributed by atoms with van der Waals surface area (Å²) in [4.78, 5) is 28.8. The summed E-state index contributed by atoms with van der Waals surface area (Å²) in [7, 11) is 1.75. The van der Waals surface area contributed by atoms with Crippen molar-refractivity contribution in [3.8, 4) is 0 Å². The Hall–Kier alpha value is -1.95. The van der Waals surface area contributed by atoms with Gasteiger partial charge >= 0.3 is 0 Å². The number of carbonyl (C=O) groups is 2. The van der Waals surface area contributed by atoms with E-state index in [0.29, 0.717) is 26.2 Å². The lowest BCUT2D eigenvalue weighted by molar-refractivity contribution is -0.146. The van der Waals surface area contributed by atoms with Gasteiger partial charge in [0.2, 0.25) is 11.8 Å². The van der Waals surface area contributed by atoms with Crippen molar-refractivity contribution < 1.29 is 14.0 Å². The maximum atomic E-state index is 13.0. The van der Waals surface area contributed by atoms with Gasteiger partial charge in [-0.05, 0) is 44.0 Å². The fraction of sp³-hybridized carbons (Fsp3) is 0.556. The first-order valence-corrected chi connectivity index (χ1v) is 8.50. The highest BCUT2D eigenvalue weighted by atomic mass is 19.1. The molecular weight excluding hydrogens is 309 g/mol. The van der Waals surface area contributed by atoms with Gasteiger partial charge in [-0.1, -0.05) is 12.1 Å². The molecule has 0 aliphatic carbocycles. The predicted octanol–water partition coefficient (Wildman–Crippen LogP) is 1.39. The van der Waals surface area contributed by atoms with Crippen LogP contribution in [-0.4, -0.2) is 54.8 Å². The second kappa shape index (κ2) is 6.89. The predicted molar refractivity (Wildman–Crippen MR) is 88.6 cm³/mol. The van der Waals surface area contributed by atoms with Crippen molar-refractivity contribution in [2.75, 3.05) is 33.2 Å². The van der Waals surface area contributed by atoms with Crippen LogP contribution in [0.1, 0.15) is 24.8 Å². The van der Waals surface area contributed by atoms with Gasteiger partial charge in [0, 0.05) is 26.2 Å². The maximum Gasteiger partial charge on any atom is 0.236 e. The Morgan fingerprint density at radius 1 is 1.25 bits per heavy atom. The largest absolute Gasteiger partial charge is 0.340 e. The number of carbonyl (C=O) groups excluding carboxylic acids is 2. The van der Waals surface area contributed by atoms with E-state index in [-0.39, 0.29) is 17.6 Å². The first-order valence-electron chi connectivity index (χ1n) is 8.50. The molecule has 130 valence electrons. The number of likely N-dealkylation sites (N-methyl/N-ethyl adjacent to an activating group) is 1. The molecule has 5 nitrogen and oxygen atoms in total. The number of likely N-dealkylation sites (tertiary alicyclic amines) is 2. The molecule has 2 aliphatic rings. The Morgan fingerprint density at radius 2 is 2.00 bits per heavy atom. The number of nitrogens with zero attached hydrogens (tertiary/aromatic N) is 2. The van der Waals surface area contributed by atoms with Crippen molar-refractivity contribution in [1.29, 1.82) is 0 Å². The number of nitrogens with one attached hydrogen (secondary N) is 1. The van der Waals surface area contributed by atoms with Gasteiger partial charge in [-0.25, -0.2) is 4.39 Å². The van der Waals surface area contributed by atoms with Crippen molar-refractivity contribution in [3.05, 3.63) is 35.6 Å². The van der Waals surface area contributed by atoms with E-state index in [1.165, 1.54) is 12.1 Å². The Kier molecular flexibility index (Phi) is 4.85. The normalized spacial score (nSPS) is 24.0. The second-order valence-corrected chi connectivity index (χ2v) is 6.83. The van der Waals surface area contributed by atoms with Gasteiger partial charge in [-0.2, -0.15) is 0 Å². The molecule has 2 saturated heterocycles. The Balaban J connectivity index is 1.69. The smallest absolute Gasteiger partial charge is 0.236 e. The number of rotatable bonds is 4. The van der Waals surface area contributed by atoms with Crippen LogP contribution in [-0.2, 0) is 16.1 Å². The fourth-order valence-corrected chi connectivity index (χ4v) is 3.84. The van der Waals surface area contributed by atoms with Crippen molar-refractivity contribution in [2.45, 2.75) is 25.8 Å². The molecule has 2 aliphatic heterocycles. The number of piperidine rings is 1. The van der Waals surface area contributed by atoms with E-state index in [1.54, 1.807) is 24.1 Å². The molecule has 3 rings (SSSR count). The van der Waals surface area contributed by atoms with Gasteiger partial charge < -0.3 is 15.1 Å². The molecule has 2 amide bonds. The zero-order chi connectivity index (χ0) is 17.2. The molecule has 2 heterocycles. The van der Waals surface area contributed by atoms with Gasteiger partial charge in [-0.3, -0.25) is 9.59 Å². The summed E-state index contributed by atoms with van der Waals surface area (Å²) in [5.74, 6) is -0.0784. The average Bonchev–Trinajstić information content (AvgIpc) is 3.00. The van der Waals surface area contributed by atoms with E-state index < -0.39 is 5.41 Å². The molecule has 1 aromatic rings. The van der Waals surface area contributed by atoms with Gasteiger partial charge in [0.15, 0.2) is 0 Å². The lowest BCUT2D eigenvalue weighted by atomic mass is 9.78. The summed E-state index contributed by atoms with van der Waals surface area (Å²) >= 11 is 0. The fourth-order valence-electron chi connectivity index (χ4n) is 3.84. The summed E-state index contributed by atoms with van der Waals surface area (Å²) in [6.45, 7) is 2.71. The van der Waals surface area contributed by atoms with Gasteiger partial charge in [0.1, 0.15) is 5.82 Å². The zero-order valence-corrected chi connectivity index (χ0v) is 14.1. The molecule has 1 unspecified atom stereocenters. The SMILES string of the molecule is CNCC(=O)N1CCC2(CCCN(Cc3ccc(F)cc3)C2=O)C1. The molecule has 6 heteroatoms. The summed E-state index contributed by atoms with van der Waals surface area (Å²) in [6.07, 6.45) is 2.53. The van der Waals surface area contributed by atoms with Gasteiger partial charge in [-0.15, -0.1) is 0 Å². The lowest BCUT2D eigenvalue weighted by Crippen LogP contribution is -2.50. The van der Waals surface area contributed by atoms with Crippen LogP contribution in [0, 0.1) is 11.2 Å². The van der Waals surface area contributed by atoms with Crippen molar-refractivity contribution >= 4 is 11.8 Å². The number of halogens is 1. The van der Waals surface area contributed by atoms with Crippen molar-refractivity contribution in [1.82, 2.24) is 15.1 Å². The monoisotopic (exact) mass is 333 g/mol. The minimum absolute atomic E-state index is 0.0535. The summed E-state index contributed by atoms with van der Waals surface area (Å²) < 4.78 is 13.0. The molecule has 0 radical (unpaired) electrons. The van der Waals surface area contributed by atoms with Crippen LogP contribution in [0.25, 0.3) is 0 Å². The Bertz CT molecular complexity index is 619. The molecule has 1 spiro atoms. The van der Waals surface area contributed by atoms with Crippen molar-refractivity contribution in [3.63, 3.8) is 0 Å². The van der Waals surface area contributed by atoms with E-state index in [4.69, 9.17) is 0 Å². The van der Waals surface area contributed by atoms with Gasteiger partial charge in [0.05, 0.1) is 12.0 Å². The van der Waals surface area contributed by atoms with Crippen LogP contribution in [0.5, 0.6) is 0 Å². The van der Waals surface area contributed by atoms with Crippen LogP contribution in [0.2, 0.25) is 0 Å². The highest BCUT2D eigenvalue weighted by Gasteiger charge is 2.49. The third-order valence-corrected chi connectivity index (χ3v) is 5.15. The van der Waals surface area contributed by atoms with E-state index in [0.717, 1.165) is 31.4 Å². The average molecular weight is 333 g/mol. The van der Waals surface area contributed by atoms with Crippen LogP contribution in [0.4, 0.5) is 4.39 Å². The first kappa shape index (κ1) is 16.9. The number of amides is 2. The van der Waals surface area contributed by atoms with Crippen LogP contribution in [0.15, 0.2) is 24.3 Å². The molecule has 1 atom stereocenters. The van der Waals surface area contributed by atoms with Crippen LogP contribution >= 0.6 is 0 Å². The number of benzene rings is 1. The summed E-state index contributed by atoms with van der Waals surface area (Å²) in [6, 6.07) is 6.29. The highest BCUT2D eigenvalue weighted by Crippen LogP contribution is 2.40. The minimum atomic E-state index is -0.429. The Morgan fingerprint density at radius 3 is 2.71 bits per heavy atom. The molecule has 0 saturated carbocycles. The third-order valence-electron chi connectivity index (χ3n) is 5.15. The van der Waals surface area contributed by atoms with E-state index in [9.17, 15) is 14.0 Å². The summed E-state index contributed by atoms with van der Waals surface area (Å²) in [5, 5.41) is 2.88. The van der Waals surface area contributed by atoms with Crippen LogP contribution < -0.4 is 5.32 Å². The maximum absolute atomic E-state index is 13.0. The van der Waals surface area contributed by atoms with Crippen molar-refractivity contribution in [2.24, 2.45) is 5.41 Å². The standard InChI is InChI=1S/C18H24FN3O2/c1-20-11-16(23)22-10-8-18(13-22)7-2-9-21(17(18)24)12-14-3-5-15(19)6-4-14/h3-6,20H,2,7-13H2,1H3. The zero-order valence-electron chi connectivity index (χ0n) is 14.1. The second-order valence-electron chi connectivity index (χ2n) is 6.83. The molecule has 24 heavy (non-hydrogen) atoms. The van der Waals surface area contributed by atoms with E-state index in [1.807, 2.05) is 4.90 Å².